The third-order valence-corrected chi connectivity index (χ3v) is 3.77. The molecule has 0 radical (unpaired) electrons. The number of methoxy groups -OCH3 is 1. The summed E-state index contributed by atoms with van der Waals surface area (Å²) in [6, 6.07) is 5.75. The summed E-state index contributed by atoms with van der Waals surface area (Å²) in [6.07, 6.45) is 1.18. The molecule has 1 rings (SSSR count). The first-order valence-corrected chi connectivity index (χ1v) is 8.78. The standard InChI is InChI=1S/C18H29N5O4/c1-3-27-13-8-6-12(7-9-13)11-14(19)16(24)23-15(17(25)26-2)5-4-10-22-18(20)21/h6-9,14-15H,3-5,10-11,19H2,1-2H3,(H,23,24)(H4,20,21,22)/t14-,15+/m0/s1. The first-order chi connectivity index (χ1) is 12.9. The molecule has 0 unspecified atom stereocenters. The Morgan fingerprint density at radius 2 is 1.89 bits per heavy atom. The van der Waals surface area contributed by atoms with E-state index in [1.165, 1.54) is 7.11 Å². The Morgan fingerprint density at radius 3 is 2.44 bits per heavy atom. The number of amides is 1. The predicted octanol–water partition coefficient (Wildman–Crippen LogP) is -0.333. The predicted molar refractivity (Wildman–Crippen MR) is 103 cm³/mol. The minimum atomic E-state index is -0.803. The number of carbonyl (C=O) groups is 2. The van der Waals surface area contributed by atoms with E-state index in [1.54, 1.807) is 0 Å². The molecule has 9 heteroatoms. The second kappa shape index (κ2) is 11.7. The molecule has 2 atom stereocenters. The summed E-state index contributed by atoms with van der Waals surface area (Å²) in [6.45, 7) is 2.84. The zero-order valence-electron chi connectivity index (χ0n) is 15.8. The van der Waals surface area contributed by atoms with Crippen molar-refractivity contribution in [2.75, 3.05) is 20.3 Å². The quantitative estimate of drug-likeness (QED) is 0.177. The SMILES string of the molecule is CCOc1ccc(C[C@H](N)C(=O)N[C@H](CCCN=C(N)N)C(=O)OC)cc1. The first kappa shape index (κ1) is 22.2. The Balaban J connectivity index is 2.59. The maximum absolute atomic E-state index is 12.4. The van der Waals surface area contributed by atoms with Gasteiger partial charge in [0, 0.05) is 6.54 Å². The van der Waals surface area contributed by atoms with E-state index in [1.807, 2.05) is 31.2 Å². The molecule has 0 aliphatic carbocycles. The number of esters is 1. The average molecular weight is 379 g/mol. The maximum Gasteiger partial charge on any atom is 0.328 e. The number of carbonyl (C=O) groups excluding carboxylic acids is 2. The number of nitrogens with zero attached hydrogens (tertiary/aromatic N) is 1. The van der Waals surface area contributed by atoms with Crippen LogP contribution in [0.25, 0.3) is 0 Å². The molecule has 1 amide bonds. The maximum atomic E-state index is 12.4. The van der Waals surface area contributed by atoms with Crippen LogP contribution >= 0.6 is 0 Å². The van der Waals surface area contributed by atoms with Gasteiger partial charge in [-0.05, 0) is 43.9 Å². The summed E-state index contributed by atoms with van der Waals surface area (Å²) in [5.41, 5.74) is 17.4. The van der Waals surface area contributed by atoms with E-state index >= 15 is 0 Å². The van der Waals surface area contributed by atoms with Crippen molar-refractivity contribution in [3.8, 4) is 5.75 Å². The smallest absolute Gasteiger partial charge is 0.328 e. The Hall–Kier alpha value is -2.81. The fraction of sp³-hybridized carbons (Fsp3) is 0.500. The Bertz CT molecular complexity index is 629. The summed E-state index contributed by atoms with van der Waals surface area (Å²) in [5.74, 6) is -0.237. The van der Waals surface area contributed by atoms with Crippen LogP contribution in [0.1, 0.15) is 25.3 Å². The highest BCUT2D eigenvalue weighted by Gasteiger charge is 2.24. The second-order valence-corrected chi connectivity index (χ2v) is 5.92. The molecular weight excluding hydrogens is 350 g/mol. The summed E-state index contributed by atoms with van der Waals surface area (Å²) in [7, 11) is 1.26. The fourth-order valence-electron chi connectivity index (χ4n) is 2.41. The molecule has 7 N–H and O–H groups in total. The van der Waals surface area contributed by atoms with Gasteiger partial charge in [-0.15, -0.1) is 0 Å². The molecule has 150 valence electrons. The average Bonchev–Trinajstić information content (AvgIpc) is 2.64. The van der Waals surface area contributed by atoms with Gasteiger partial charge in [-0.25, -0.2) is 4.79 Å². The minimum Gasteiger partial charge on any atom is -0.494 e. The number of nitrogens with two attached hydrogens (primary N) is 3. The summed E-state index contributed by atoms with van der Waals surface area (Å²) < 4.78 is 10.1. The molecule has 0 saturated carbocycles. The molecule has 0 spiro atoms. The van der Waals surface area contributed by atoms with Crippen LogP contribution in [-0.2, 0) is 20.7 Å². The number of guanidine groups is 1. The van der Waals surface area contributed by atoms with Crippen LogP contribution < -0.4 is 27.3 Å². The first-order valence-electron chi connectivity index (χ1n) is 8.78. The number of rotatable bonds is 11. The van der Waals surface area contributed by atoms with Crippen molar-refractivity contribution in [1.82, 2.24) is 5.32 Å². The van der Waals surface area contributed by atoms with E-state index in [0.29, 0.717) is 32.4 Å². The van der Waals surface area contributed by atoms with Gasteiger partial charge in [0.25, 0.3) is 0 Å². The molecule has 1 aromatic carbocycles. The van der Waals surface area contributed by atoms with Gasteiger partial charge in [0.05, 0.1) is 19.8 Å². The van der Waals surface area contributed by atoms with E-state index in [9.17, 15) is 9.59 Å². The van der Waals surface area contributed by atoms with Gasteiger partial charge in [-0.3, -0.25) is 9.79 Å². The summed E-state index contributed by atoms with van der Waals surface area (Å²) in [4.78, 5) is 28.1. The Kier molecular flexibility index (Phi) is 9.66. The van der Waals surface area contributed by atoms with Gasteiger partial charge < -0.3 is 32.0 Å². The van der Waals surface area contributed by atoms with Crippen LogP contribution in [0, 0.1) is 0 Å². The van der Waals surface area contributed by atoms with Crippen LogP contribution in [0.2, 0.25) is 0 Å². The second-order valence-electron chi connectivity index (χ2n) is 5.92. The zero-order chi connectivity index (χ0) is 20.2. The van der Waals surface area contributed by atoms with Crippen LogP contribution in [0.5, 0.6) is 5.75 Å². The number of hydrogen-bond donors (Lipinski definition) is 4. The van der Waals surface area contributed by atoms with Gasteiger partial charge in [-0.2, -0.15) is 0 Å². The van der Waals surface area contributed by atoms with Gasteiger partial charge in [0.2, 0.25) is 5.91 Å². The van der Waals surface area contributed by atoms with Crippen molar-refractivity contribution in [2.45, 2.75) is 38.3 Å². The minimum absolute atomic E-state index is 0.0222. The van der Waals surface area contributed by atoms with Crippen LogP contribution in [0.4, 0.5) is 0 Å². The van der Waals surface area contributed by atoms with Gasteiger partial charge in [-0.1, -0.05) is 12.1 Å². The summed E-state index contributed by atoms with van der Waals surface area (Å²) >= 11 is 0. The lowest BCUT2D eigenvalue weighted by molar-refractivity contribution is -0.145. The third-order valence-electron chi connectivity index (χ3n) is 3.77. The van der Waals surface area contributed by atoms with Crippen molar-refractivity contribution in [3.63, 3.8) is 0 Å². The highest BCUT2D eigenvalue weighted by Crippen LogP contribution is 2.13. The van der Waals surface area contributed by atoms with E-state index < -0.39 is 24.0 Å². The zero-order valence-corrected chi connectivity index (χ0v) is 15.8. The Labute approximate surface area is 159 Å². The molecule has 0 aliphatic rings. The number of ether oxygens (including phenoxy) is 2. The largest absolute Gasteiger partial charge is 0.494 e. The molecule has 0 aliphatic heterocycles. The van der Waals surface area contributed by atoms with Crippen molar-refractivity contribution in [1.29, 1.82) is 0 Å². The number of hydrogen-bond acceptors (Lipinski definition) is 6. The highest BCUT2D eigenvalue weighted by molar-refractivity contribution is 5.87. The van der Waals surface area contributed by atoms with Crippen LogP contribution in [0.15, 0.2) is 29.3 Å². The fourth-order valence-corrected chi connectivity index (χ4v) is 2.41. The monoisotopic (exact) mass is 379 g/mol. The molecule has 0 bridgehead atoms. The lowest BCUT2D eigenvalue weighted by atomic mass is 10.0. The highest BCUT2D eigenvalue weighted by atomic mass is 16.5. The molecule has 0 saturated heterocycles. The topological polar surface area (TPSA) is 155 Å². The van der Waals surface area contributed by atoms with Crippen molar-refractivity contribution < 1.29 is 19.1 Å². The van der Waals surface area contributed by atoms with E-state index in [-0.39, 0.29) is 5.96 Å². The third kappa shape index (κ3) is 8.41. The molecule has 9 nitrogen and oxygen atoms in total. The molecule has 27 heavy (non-hydrogen) atoms. The van der Waals surface area contributed by atoms with Crippen LogP contribution in [0.3, 0.4) is 0 Å². The molecule has 0 aromatic heterocycles. The molecule has 0 fully saturated rings. The molecule has 1 aromatic rings. The van der Waals surface area contributed by atoms with Gasteiger partial charge in [0.1, 0.15) is 11.8 Å². The van der Waals surface area contributed by atoms with Crippen molar-refractivity contribution in [2.24, 2.45) is 22.2 Å². The lowest BCUT2D eigenvalue weighted by Crippen LogP contribution is -2.49. The van der Waals surface area contributed by atoms with Crippen molar-refractivity contribution in [3.05, 3.63) is 29.8 Å². The number of nitrogens with one attached hydrogen (secondary N) is 1. The van der Waals surface area contributed by atoms with Crippen LogP contribution in [-0.4, -0.2) is 50.2 Å². The van der Waals surface area contributed by atoms with E-state index in [2.05, 4.69) is 10.3 Å². The normalized spacial score (nSPS) is 12.6. The molecular formula is C18H29N5O4. The Morgan fingerprint density at radius 1 is 1.22 bits per heavy atom. The van der Waals surface area contributed by atoms with E-state index in [4.69, 9.17) is 26.7 Å². The van der Waals surface area contributed by atoms with Gasteiger partial charge >= 0.3 is 5.97 Å². The van der Waals surface area contributed by atoms with E-state index in [0.717, 1.165) is 11.3 Å². The van der Waals surface area contributed by atoms with Crippen molar-refractivity contribution >= 4 is 17.8 Å². The number of aliphatic imine (C=N–C) groups is 1. The summed E-state index contributed by atoms with van der Waals surface area (Å²) in [5, 5.41) is 2.63. The lowest BCUT2D eigenvalue weighted by Gasteiger charge is -2.19. The van der Waals surface area contributed by atoms with Gasteiger partial charge in [0.15, 0.2) is 5.96 Å². The number of benzene rings is 1. The molecule has 0 heterocycles.